The van der Waals surface area contributed by atoms with Crippen LogP contribution in [0.1, 0.15) is 76.5 Å². The van der Waals surface area contributed by atoms with Crippen LogP contribution in [0.4, 0.5) is 5.69 Å². The van der Waals surface area contributed by atoms with Crippen LogP contribution in [-0.2, 0) is 15.3 Å². The van der Waals surface area contributed by atoms with E-state index in [0.717, 1.165) is 55.9 Å². The average Bonchev–Trinajstić information content (AvgIpc) is 3.55. The van der Waals surface area contributed by atoms with Crippen molar-refractivity contribution in [1.82, 2.24) is 0 Å². The third kappa shape index (κ3) is 6.63. The lowest BCUT2D eigenvalue weighted by molar-refractivity contribution is -0.362. The predicted octanol–water partition coefficient (Wildman–Crippen LogP) is 13.5. The highest BCUT2D eigenvalue weighted by Crippen LogP contribution is 2.51. The molecule has 0 unspecified atom stereocenters. The van der Waals surface area contributed by atoms with Crippen molar-refractivity contribution >= 4 is 57.4 Å². The van der Waals surface area contributed by atoms with Crippen molar-refractivity contribution in [3.05, 3.63) is 160 Å². The van der Waals surface area contributed by atoms with Crippen LogP contribution in [0.5, 0.6) is 5.75 Å². The van der Waals surface area contributed by atoms with E-state index in [1.165, 1.54) is 70.6 Å². The summed E-state index contributed by atoms with van der Waals surface area (Å²) in [6.45, 7) is 12.6. The van der Waals surface area contributed by atoms with Gasteiger partial charge in [0.1, 0.15) is 5.41 Å². The first-order chi connectivity index (χ1) is 25.7. The molecular weight excluding hydrogens is 683 g/mol. The van der Waals surface area contributed by atoms with Crippen LogP contribution in [0.15, 0.2) is 148 Å². The van der Waals surface area contributed by atoms with Gasteiger partial charge >= 0.3 is 11.5 Å². The summed E-state index contributed by atoms with van der Waals surface area (Å²) in [6.07, 6.45) is 14.9. The van der Waals surface area contributed by atoms with Crippen LogP contribution in [0.3, 0.4) is 0 Å². The summed E-state index contributed by atoms with van der Waals surface area (Å²) < 4.78 is 6.63. The van der Waals surface area contributed by atoms with Crippen LogP contribution in [0.2, 0.25) is 0 Å². The summed E-state index contributed by atoms with van der Waals surface area (Å²) in [6, 6.07) is 35.5. The number of anilines is 1. The summed E-state index contributed by atoms with van der Waals surface area (Å²) in [4.78, 5) is 5.24. The molecule has 5 aromatic rings. The Labute approximate surface area is 325 Å². The molecule has 0 spiro atoms. The Bertz CT molecular complexity index is 2370. The van der Waals surface area contributed by atoms with E-state index in [1.807, 2.05) is 11.8 Å². The molecule has 0 aromatic heterocycles. The van der Waals surface area contributed by atoms with Crippen LogP contribution >= 0.6 is 24.4 Å². The van der Waals surface area contributed by atoms with Gasteiger partial charge in [0, 0.05) is 45.3 Å². The quantitative estimate of drug-likeness (QED) is 0.0702. The number of thiol groups is 1. The number of hydrogen-bond donors (Lipinski definition) is 1. The predicted molar refractivity (Wildman–Crippen MR) is 232 cm³/mol. The SMILES string of the molecule is Cc1ccc(SC2=C(/C=C/C3=[O+]c4ccc5ccccc5c4C3(C)C)CCC/C2=C\C=C2\N(CCCCS)c3ccc4ccccc4c3C2(C)C)cc1. The Balaban J connectivity index is 1.20. The van der Waals surface area contributed by atoms with Gasteiger partial charge in [-0.25, -0.2) is 4.42 Å². The molecule has 2 nitrogen and oxygen atoms in total. The topological polar surface area (TPSA) is 14.5 Å². The number of nitrogens with zero attached hydrogens (tertiary/aromatic N) is 1. The molecule has 2 aliphatic heterocycles. The van der Waals surface area contributed by atoms with Gasteiger partial charge in [0.25, 0.3) is 0 Å². The molecule has 5 aromatic carbocycles. The maximum Gasteiger partial charge on any atom is 0.358 e. The lowest BCUT2D eigenvalue weighted by Crippen LogP contribution is -2.27. The van der Waals surface area contributed by atoms with Crippen molar-refractivity contribution in [2.24, 2.45) is 0 Å². The molecule has 1 aliphatic carbocycles. The summed E-state index contributed by atoms with van der Waals surface area (Å²) >= 11 is 6.46. The minimum atomic E-state index is -0.237. The van der Waals surface area contributed by atoms with E-state index in [-0.39, 0.29) is 10.8 Å². The van der Waals surface area contributed by atoms with Crippen molar-refractivity contribution in [2.45, 2.75) is 82.4 Å². The molecule has 8 rings (SSSR count). The fourth-order valence-corrected chi connectivity index (χ4v) is 10.0. The van der Waals surface area contributed by atoms with E-state index in [2.05, 4.69) is 174 Å². The number of carbonyl (C=O) groups excluding carboxylic acids is 1. The molecule has 0 atom stereocenters. The molecular formula is C49H50NOS2+. The van der Waals surface area contributed by atoms with Crippen molar-refractivity contribution in [2.75, 3.05) is 17.2 Å². The molecule has 0 fully saturated rings. The standard InChI is InChI=1S/C49H49NOS2/c1-33-19-25-38(26-20-33)53-47-36(15-12-16-37(47)24-30-44-49(4,5)46-40-18-9-7-14-35(40)22-28-42(46)51-44)23-29-43-48(2,3)45-39-17-8-6-13-34(39)21-27-41(45)50(43)31-10-11-32-52/h6-9,13-14,17-30H,10-12,15-16,31-32H2,1-5H3/p+1/b30-24+,36-23+,43-29+. The lowest BCUT2D eigenvalue weighted by atomic mass is 9.79. The molecule has 0 amide bonds. The number of fused-ring (bicyclic) bond motifs is 6. The monoisotopic (exact) mass is 732 g/mol. The van der Waals surface area contributed by atoms with Gasteiger partial charge in [0.2, 0.25) is 0 Å². The molecule has 2 heterocycles. The second-order valence-corrected chi connectivity index (χ2v) is 17.4. The average molecular weight is 733 g/mol. The Morgan fingerprint density at radius 2 is 1.43 bits per heavy atom. The molecule has 4 heteroatoms. The first kappa shape index (κ1) is 35.8. The van der Waals surface area contributed by atoms with E-state index in [4.69, 9.17) is 4.42 Å². The smallest absolute Gasteiger partial charge is 0.344 e. The number of ketones is 1. The largest absolute Gasteiger partial charge is 0.358 e. The normalized spacial score (nSPS) is 19.2. The maximum absolute atomic E-state index is 6.63. The third-order valence-corrected chi connectivity index (χ3v) is 13.0. The number of rotatable bonds is 9. The molecule has 268 valence electrons. The number of allylic oxidation sites excluding steroid dienone is 7. The highest BCUT2D eigenvalue weighted by Gasteiger charge is 2.47. The van der Waals surface area contributed by atoms with E-state index >= 15 is 0 Å². The second-order valence-electron chi connectivity index (χ2n) is 15.8. The van der Waals surface area contributed by atoms with Gasteiger partial charge in [-0.15, -0.1) is 0 Å². The fraction of sp³-hybridized carbons (Fsp3) is 0.286. The van der Waals surface area contributed by atoms with E-state index < -0.39 is 0 Å². The summed E-state index contributed by atoms with van der Waals surface area (Å²) in [5, 5.41) is 5.19. The van der Waals surface area contributed by atoms with Gasteiger partial charge in [0.15, 0.2) is 0 Å². The Kier molecular flexibility index (Phi) is 9.80. The number of benzene rings is 5. The number of hydrogen-bond acceptors (Lipinski definition) is 3. The zero-order valence-electron chi connectivity index (χ0n) is 31.7. The molecule has 0 saturated carbocycles. The Morgan fingerprint density at radius 1 is 0.736 bits per heavy atom. The van der Waals surface area contributed by atoms with Crippen molar-refractivity contribution in [1.29, 1.82) is 0 Å². The molecule has 0 saturated heterocycles. The molecule has 3 aliphatic rings. The van der Waals surface area contributed by atoms with Crippen LogP contribution in [0, 0.1) is 6.92 Å². The van der Waals surface area contributed by atoms with Crippen molar-refractivity contribution < 1.29 is 4.42 Å². The highest BCUT2D eigenvalue weighted by atomic mass is 32.2. The van der Waals surface area contributed by atoms with Crippen LogP contribution in [-0.4, -0.2) is 18.1 Å². The van der Waals surface area contributed by atoms with Crippen LogP contribution in [0.25, 0.3) is 21.5 Å². The Hall–Kier alpha value is -4.25. The van der Waals surface area contributed by atoms with Gasteiger partial charge in [-0.05, 0) is 133 Å². The van der Waals surface area contributed by atoms with Gasteiger partial charge in [0.05, 0.1) is 5.56 Å². The fourth-order valence-electron chi connectivity index (χ4n) is 8.68. The van der Waals surface area contributed by atoms with Gasteiger partial charge in [-0.3, -0.25) is 0 Å². The maximum atomic E-state index is 6.63. The second kappa shape index (κ2) is 14.5. The van der Waals surface area contributed by atoms with Crippen molar-refractivity contribution in [3.8, 4) is 5.75 Å². The van der Waals surface area contributed by atoms with Gasteiger partial charge < -0.3 is 4.90 Å². The Morgan fingerprint density at radius 3 is 2.17 bits per heavy atom. The zero-order chi connectivity index (χ0) is 36.7. The lowest BCUT2D eigenvalue weighted by Gasteiger charge is -2.27. The minimum absolute atomic E-state index is 0.138. The molecule has 0 N–H and O–H groups in total. The van der Waals surface area contributed by atoms with Gasteiger partial charge in [-0.2, -0.15) is 12.6 Å². The van der Waals surface area contributed by atoms with Crippen LogP contribution < -0.4 is 4.90 Å². The highest BCUT2D eigenvalue weighted by molar-refractivity contribution is 8.03. The van der Waals surface area contributed by atoms with Gasteiger partial charge in [-0.1, -0.05) is 104 Å². The zero-order valence-corrected chi connectivity index (χ0v) is 33.4. The summed E-state index contributed by atoms with van der Waals surface area (Å²) in [5.74, 6) is 2.89. The molecule has 53 heavy (non-hydrogen) atoms. The number of thioether (sulfide) groups is 1. The molecule has 0 bridgehead atoms. The summed E-state index contributed by atoms with van der Waals surface area (Å²) in [7, 11) is 0. The van der Waals surface area contributed by atoms with E-state index in [0.29, 0.717) is 0 Å². The van der Waals surface area contributed by atoms with E-state index in [1.54, 1.807) is 0 Å². The minimum Gasteiger partial charge on any atom is -0.344 e. The summed E-state index contributed by atoms with van der Waals surface area (Å²) in [5.41, 5.74) is 9.13. The first-order valence-electron chi connectivity index (χ1n) is 19.2. The molecule has 0 radical (unpaired) electrons. The number of aryl methyl sites for hydroxylation is 1. The van der Waals surface area contributed by atoms with Crippen molar-refractivity contribution in [3.63, 3.8) is 0 Å². The van der Waals surface area contributed by atoms with E-state index in [9.17, 15) is 0 Å². The number of unbranched alkanes of at least 4 members (excludes halogenated alkanes) is 1. The first-order valence-corrected chi connectivity index (χ1v) is 20.7. The third-order valence-electron chi connectivity index (χ3n) is 11.5.